The molecule has 6 nitrogen and oxygen atoms in total. The van der Waals surface area contributed by atoms with E-state index >= 15 is 0 Å². The molecule has 1 saturated heterocycles. The number of rotatable bonds is 4. The predicted octanol–water partition coefficient (Wildman–Crippen LogP) is 1.81. The normalized spacial score (nSPS) is 21.4. The van der Waals surface area contributed by atoms with E-state index in [1.807, 2.05) is 32.0 Å². The van der Waals surface area contributed by atoms with Gasteiger partial charge in [0.15, 0.2) is 0 Å². The molecule has 6 heteroatoms. The molecule has 0 N–H and O–H groups in total. The Hall–Kier alpha value is -1.40. The van der Waals surface area contributed by atoms with Crippen LogP contribution in [0.25, 0.3) is 0 Å². The first-order chi connectivity index (χ1) is 10.2. The molecule has 2 heterocycles. The minimum atomic E-state index is -0.378. The summed E-state index contributed by atoms with van der Waals surface area (Å²) in [5.41, 5.74) is 1.16. The van der Waals surface area contributed by atoms with Crippen LogP contribution in [0, 0.1) is 0 Å². The lowest BCUT2D eigenvalue weighted by Gasteiger charge is -2.42. The molecule has 0 aliphatic carbocycles. The largest absolute Gasteiger partial charge is 0.382 e. The standard InChI is InChI=1S/C16H27N3O3/c1-11(2)14-13(8-18(5)17-14)15(20)19-7-12(9-21-6)22-16(3,4)10-19/h8,11-12H,7,9-10H2,1-6H3/t12-/m0/s1. The van der Waals surface area contributed by atoms with Crippen LogP contribution < -0.4 is 0 Å². The molecule has 2 rings (SSSR count). The molecule has 1 aliphatic rings. The highest BCUT2D eigenvalue weighted by molar-refractivity contribution is 5.95. The van der Waals surface area contributed by atoms with Crippen molar-refractivity contribution in [3.63, 3.8) is 0 Å². The van der Waals surface area contributed by atoms with E-state index in [1.165, 1.54) is 0 Å². The number of nitrogens with zero attached hydrogens (tertiary/aromatic N) is 3. The summed E-state index contributed by atoms with van der Waals surface area (Å²) >= 11 is 0. The Morgan fingerprint density at radius 3 is 2.82 bits per heavy atom. The fourth-order valence-electron chi connectivity index (χ4n) is 2.99. The minimum absolute atomic E-state index is 0.0225. The minimum Gasteiger partial charge on any atom is -0.382 e. The zero-order chi connectivity index (χ0) is 16.5. The molecule has 1 aromatic heterocycles. The summed E-state index contributed by atoms with van der Waals surface area (Å²) in [6.45, 7) is 9.70. The van der Waals surface area contributed by atoms with Crippen LogP contribution in [0.5, 0.6) is 0 Å². The predicted molar refractivity (Wildman–Crippen MR) is 84.0 cm³/mol. The van der Waals surface area contributed by atoms with Crippen LogP contribution >= 0.6 is 0 Å². The number of amides is 1. The van der Waals surface area contributed by atoms with Crippen LogP contribution in [0.2, 0.25) is 0 Å². The van der Waals surface area contributed by atoms with Gasteiger partial charge in [0, 0.05) is 33.4 Å². The quantitative estimate of drug-likeness (QED) is 0.851. The number of hydrogen-bond donors (Lipinski definition) is 0. The topological polar surface area (TPSA) is 56.6 Å². The van der Waals surface area contributed by atoms with Crippen LogP contribution in [-0.2, 0) is 16.5 Å². The summed E-state index contributed by atoms with van der Waals surface area (Å²) in [5.74, 6) is 0.234. The first-order valence-electron chi connectivity index (χ1n) is 7.73. The van der Waals surface area contributed by atoms with E-state index in [-0.39, 0.29) is 23.5 Å². The lowest BCUT2D eigenvalue weighted by atomic mass is 10.0. The second-order valence-electron chi connectivity index (χ2n) is 6.90. The second-order valence-corrected chi connectivity index (χ2v) is 6.90. The Labute approximate surface area is 132 Å². The van der Waals surface area contributed by atoms with Gasteiger partial charge in [-0.25, -0.2) is 0 Å². The molecule has 22 heavy (non-hydrogen) atoms. The van der Waals surface area contributed by atoms with E-state index in [9.17, 15) is 4.79 Å². The average Bonchev–Trinajstić information content (AvgIpc) is 2.78. The maximum Gasteiger partial charge on any atom is 0.257 e. The number of ether oxygens (including phenoxy) is 2. The molecule has 0 unspecified atom stereocenters. The van der Waals surface area contributed by atoms with Crippen molar-refractivity contribution in [3.05, 3.63) is 17.5 Å². The molecule has 1 aromatic rings. The molecule has 1 aliphatic heterocycles. The summed E-state index contributed by atoms with van der Waals surface area (Å²) < 4.78 is 12.9. The van der Waals surface area contributed by atoms with Gasteiger partial charge in [-0.3, -0.25) is 9.48 Å². The Balaban J connectivity index is 2.24. The van der Waals surface area contributed by atoms with Crippen molar-refractivity contribution >= 4 is 5.91 Å². The Morgan fingerprint density at radius 1 is 1.55 bits per heavy atom. The van der Waals surface area contributed by atoms with E-state index in [0.29, 0.717) is 25.3 Å². The highest BCUT2D eigenvalue weighted by Gasteiger charge is 2.37. The third kappa shape index (κ3) is 3.67. The fourth-order valence-corrected chi connectivity index (χ4v) is 2.99. The number of carbonyl (C=O) groups is 1. The van der Waals surface area contributed by atoms with Gasteiger partial charge >= 0.3 is 0 Å². The van der Waals surface area contributed by atoms with Gasteiger partial charge in [-0.05, 0) is 19.8 Å². The summed E-state index contributed by atoms with van der Waals surface area (Å²) in [5, 5.41) is 4.43. The summed E-state index contributed by atoms with van der Waals surface area (Å²) in [6.07, 6.45) is 1.71. The Bertz CT molecular complexity index is 537. The molecule has 1 atom stereocenters. The van der Waals surface area contributed by atoms with Crippen molar-refractivity contribution in [1.82, 2.24) is 14.7 Å². The maximum absolute atomic E-state index is 13.0. The fraction of sp³-hybridized carbons (Fsp3) is 0.750. The van der Waals surface area contributed by atoms with Crippen LogP contribution in [0.1, 0.15) is 49.7 Å². The van der Waals surface area contributed by atoms with Gasteiger partial charge in [-0.15, -0.1) is 0 Å². The highest BCUT2D eigenvalue weighted by atomic mass is 16.5. The SMILES string of the molecule is COC[C@@H]1CN(C(=O)c2cn(C)nc2C(C)C)CC(C)(C)O1. The summed E-state index contributed by atoms with van der Waals surface area (Å²) in [7, 11) is 3.49. The maximum atomic E-state index is 13.0. The van der Waals surface area contributed by atoms with E-state index in [4.69, 9.17) is 9.47 Å². The van der Waals surface area contributed by atoms with Crippen molar-refractivity contribution < 1.29 is 14.3 Å². The summed E-state index contributed by atoms with van der Waals surface area (Å²) in [6, 6.07) is 0. The zero-order valence-electron chi connectivity index (χ0n) is 14.4. The summed E-state index contributed by atoms with van der Waals surface area (Å²) in [4.78, 5) is 14.8. The number of methoxy groups -OCH3 is 1. The lowest BCUT2D eigenvalue weighted by Crippen LogP contribution is -2.55. The molecule has 0 aromatic carbocycles. The molecule has 1 amide bonds. The van der Waals surface area contributed by atoms with Crippen molar-refractivity contribution in [3.8, 4) is 0 Å². The third-order valence-corrected chi connectivity index (χ3v) is 3.76. The molecule has 0 saturated carbocycles. The van der Waals surface area contributed by atoms with Crippen LogP contribution in [0.3, 0.4) is 0 Å². The number of aromatic nitrogens is 2. The van der Waals surface area contributed by atoms with Gasteiger partial charge in [0.1, 0.15) is 0 Å². The van der Waals surface area contributed by atoms with Crippen molar-refractivity contribution in [2.45, 2.75) is 45.3 Å². The molecular weight excluding hydrogens is 282 g/mol. The van der Waals surface area contributed by atoms with Crippen LogP contribution in [0.15, 0.2) is 6.20 Å². The Kier molecular flexibility index (Phi) is 4.92. The number of carbonyl (C=O) groups excluding carboxylic acids is 1. The van der Waals surface area contributed by atoms with Crippen molar-refractivity contribution in [2.24, 2.45) is 7.05 Å². The van der Waals surface area contributed by atoms with E-state index in [2.05, 4.69) is 18.9 Å². The molecule has 0 spiro atoms. The smallest absolute Gasteiger partial charge is 0.257 e. The first-order valence-corrected chi connectivity index (χ1v) is 7.73. The number of morpholine rings is 1. The molecular formula is C16H27N3O3. The highest BCUT2D eigenvalue weighted by Crippen LogP contribution is 2.25. The molecule has 0 bridgehead atoms. The van der Waals surface area contributed by atoms with Crippen molar-refractivity contribution in [1.29, 1.82) is 0 Å². The second kappa shape index (κ2) is 6.38. The van der Waals surface area contributed by atoms with Gasteiger partial charge < -0.3 is 14.4 Å². The molecule has 124 valence electrons. The number of hydrogen-bond acceptors (Lipinski definition) is 4. The third-order valence-electron chi connectivity index (χ3n) is 3.76. The molecule has 0 radical (unpaired) electrons. The van der Waals surface area contributed by atoms with Gasteiger partial charge in [0.05, 0.1) is 29.6 Å². The average molecular weight is 309 g/mol. The Morgan fingerprint density at radius 2 is 2.23 bits per heavy atom. The lowest BCUT2D eigenvalue weighted by molar-refractivity contribution is -0.143. The zero-order valence-corrected chi connectivity index (χ0v) is 14.4. The first kappa shape index (κ1) is 17.0. The van der Waals surface area contributed by atoms with Gasteiger partial charge in [-0.2, -0.15) is 5.10 Å². The van der Waals surface area contributed by atoms with Gasteiger partial charge in [0.25, 0.3) is 5.91 Å². The van der Waals surface area contributed by atoms with E-state index < -0.39 is 0 Å². The van der Waals surface area contributed by atoms with E-state index in [0.717, 1.165) is 5.69 Å². The monoisotopic (exact) mass is 309 g/mol. The molecule has 1 fully saturated rings. The van der Waals surface area contributed by atoms with E-state index in [1.54, 1.807) is 11.8 Å². The van der Waals surface area contributed by atoms with Gasteiger partial charge in [-0.1, -0.05) is 13.8 Å². The van der Waals surface area contributed by atoms with Crippen LogP contribution in [0.4, 0.5) is 0 Å². The van der Waals surface area contributed by atoms with Gasteiger partial charge in [0.2, 0.25) is 0 Å². The number of aryl methyl sites for hydroxylation is 1. The van der Waals surface area contributed by atoms with Crippen LogP contribution in [-0.4, -0.2) is 59.1 Å². The van der Waals surface area contributed by atoms with Crippen molar-refractivity contribution in [2.75, 3.05) is 26.8 Å².